The van der Waals surface area contributed by atoms with E-state index in [0.717, 1.165) is 34.1 Å². The van der Waals surface area contributed by atoms with E-state index in [-0.39, 0.29) is 0 Å². The van der Waals surface area contributed by atoms with Crippen molar-refractivity contribution in [2.24, 2.45) is 0 Å². The van der Waals surface area contributed by atoms with E-state index in [1.165, 1.54) is 16.7 Å². The molecule has 0 spiro atoms. The average Bonchev–Trinajstić information content (AvgIpc) is 3.69. The van der Waals surface area contributed by atoms with Gasteiger partial charge in [0, 0.05) is 30.2 Å². The second kappa shape index (κ2) is 11.3. The number of imidazole rings is 1. The minimum atomic E-state index is 0.423. The first-order chi connectivity index (χ1) is 20.0. The van der Waals surface area contributed by atoms with Gasteiger partial charge in [-0.15, -0.1) is 0 Å². The van der Waals surface area contributed by atoms with Crippen LogP contribution in [0.15, 0.2) is 122 Å². The predicted molar refractivity (Wildman–Crippen MR) is 163 cm³/mol. The molecule has 5 heteroatoms. The topological polar surface area (TPSA) is 35.9 Å². The van der Waals surface area contributed by atoms with Crippen molar-refractivity contribution in [2.75, 3.05) is 0 Å². The molecule has 0 radical (unpaired) electrons. The normalized spacial score (nSPS) is 11.4. The third-order valence-electron chi connectivity index (χ3n) is 7.27. The molecule has 5 nitrogen and oxygen atoms in total. The van der Waals surface area contributed by atoms with Crippen LogP contribution in [0, 0.1) is 6.33 Å². The minimum absolute atomic E-state index is 0.423. The Hall–Kier alpha value is -4.90. The second-order valence-electron chi connectivity index (χ2n) is 10.9. The van der Waals surface area contributed by atoms with Gasteiger partial charge in [0.05, 0.1) is 23.3 Å². The monoisotopic (exact) mass is 538 g/mol. The largest absolute Gasteiger partial charge is 0.458 e. The van der Waals surface area contributed by atoms with E-state index >= 15 is 0 Å². The zero-order valence-electron chi connectivity index (χ0n) is 23.9. The molecule has 0 atom stereocenters. The van der Waals surface area contributed by atoms with Crippen LogP contribution in [0.2, 0.25) is 0 Å². The van der Waals surface area contributed by atoms with E-state index in [4.69, 9.17) is 9.84 Å². The highest BCUT2D eigenvalue weighted by Gasteiger charge is 2.17. The second-order valence-corrected chi connectivity index (χ2v) is 10.9. The van der Waals surface area contributed by atoms with Gasteiger partial charge in [-0.25, -0.2) is 4.68 Å². The summed E-state index contributed by atoms with van der Waals surface area (Å²) in [5.74, 6) is 2.35. The summed E-state index contributed by atoms with van der Waals surface area (Å²) in [4.78, 5) is 0. The maximum Gasteiger partial charge on any atom is 0.268 e. The molecule has 0 amide bonds. The zero-order valence-corrected chi connectivity index (χ0v) is 23.9. The molecule has 41 heavy (non-hydrogen) atoms. The fourth-order valence-corrected chi connectivity index (χ4v) is 5.19. The van der Waals surface area contributed by atoms with E-state index < -0.39 is 0 Å². The van der Waals surface area contributed by atoms with Crippen molar-refractivity contribution < 1.29 is 9.30 Å². The molecule has 0 aliphatic carbocycles. The summed E-state index contributed by atoms with van der Waals surface area (Å²) in [5, 5.41) is 4.74. The molecule has 0 aliphatic rings. The number of para-hydroxylation sites is 1. The van der Waals surface area contributed by atoms with Crippen LogP contribution < -0.4 is 9.30 Å². The van der Waals surface area contributed by atoms with Crippen LogP contribution >= 0.6 is 0 Å². The summed E-state index contributed by atoms with van der Waals surface area (Å²) in [6, 6.07) is 32.9. The first kappa shape index (κ1) is 26.3. The lowest BCUT2D eigenvalue weighted by Crippen LogP contribution is -2.27. The van der Waals surface area contributed by atoms with Crippen molar-refractivity contribution in [3.05, 3.63) is 139 Å². The number of aromatic nitrogens is 4. The molecular formula is C36H34N4O. The zero-order chi connectivity index (χ0) is 28.3. The molecule has 0 aliphatic heterocycles. The Balaban J connectivity index is 1.25. The van der Waals surface area contributed by atoms with Gasteiger partial charge in [-0.2, -0.15) is 5.10 Å². The smallest absolute Gasteiger partial charge is 0.268 e. The summed E-state index contributed by atoms with van der Waals surface area (Å²) in [6.45, 7) is 8.99. The maximum absolute atomic E-state index is 6.31. The van der Waals surface area contributed by atoms with Gasteiger partial charge in [0.15, 0.2) is 0 Å². The van der Waals surface area contributed by atoms with E-state index in [9.17, 15) is 0 Å². The molecule has 0 fully saturated rings. The molecule has 0 saturated carbocycles. The number of rotatable bonds is 8. The third-order valence-corrected chi connectivity index (χ3v) is 7.27. The summed E-state index contributed by atoms with van der Waals surface area (Å²) < 4.78 is 12.2. The van der Waals surface area contributed by atoms with Gasteiger partial charge in [0.2, 0.25) is 0 Å². The summed E-state index contributed by atoms with van der Waals surface area (Å²) in [6.07, 6.45) is 11.4. The Morgan fingerprint density at radius 1 is 0.732 bits per heavy atom. The molecule has 6 rings (SSSR count). The van der Waals surface area contributed by atoms with E-state index in [1.54, 1.807) is 0 Å². The third kappa shape index (κ3) is 5.57. The predicted octanol–water partition coefficient (Wildman–Crippen LogP) is 8.45. The van der Waals surface area contributed by atoms with Gasteiger partial charge in [-0.1, -0.05) is 76.2 Å². The van der Waals surface area contributed by atoms with Gasteiger partial charge in [0.1, 0.15) is 11.5 Å². The van der Waals surface area contributed by atoms with Crippen molar-refractivity contribution in [3.63, 3.8) is 0 Å². The van der Waals surface area contributed by atoms with Crippen molar-refractivity contribution in [3.8, 4) is 39.7 Å². The number of hydrogen-bond donors (Lipinski definition) is 0. The van der Waals surface area contributed by atoms with Gasteiger partial charge >= 0.3 is 0 Å². The number of nitrogens with zero attached hydrogens (tertiary/aromatic N) is 4. The highest BCUT2D eigenvalue weighted by Crippen LogP contribution is 2.36. The lowest BCUT2D eigenvalue weighted by molar-refractivity contribution is -0.599. The summed E-state index contributed by atoms with van der Waals surface area (Å²) in [5.41, 5.74) is 8.10. The van der Waals surface area contributed by atoms with Crippen molar-refractivity contribution in [1.82, 2.24) is 14.3 Å². The van der Waals surface area contributed by atoms with Gasteiger partial charge in [-0.3, -0.25) is 9.13 Å². The first-order valence-corrected chi connectivity index (χ1v) is 14.1. The number of benzene rings is 4. The Morgan fingerprint density at radius 2 is 1.37 bits per heavy atom. The average molecular weight is 539 g/mol. The van der Waals surface area contributed by atoms with Crippen LogP contribution in [-0.4, -0.2) is 14.3 Å². The van der Waals surface area contributed by atoms with Crippen LogP contribution in [0.3, 0.4) is 0 Å². The van der Waals surface area contributed by atoms with Crippen molar-refractivity contribution in [1.29, 1.82) is 0 Å². The van der Waals surface area contributed by atoms with Gasteiger partial charge in [0.25, 0.3) is 6.33 Å². The Bertz CT molecular complexity index is 1750. The SMILES string of the molecule is CC(C)c1cccc(C(C)C)c1-c1cnn(-c2cccc(Oc3cccc(-n4[c-][n+](-c5ccccc5)cc4)c3)c2)c1. The summed E-state index contributed by atoms with van der Waals surface area (Å²) >= 11 is 0. The molecular weight excluding hydrogens is 504 g/mol. The van der Waals surface area contributed by atoms with Crippen LogP contribution in [0.25, 0.3) is 28.2 Å². The molecule has 6 aromatic rings. The Morgan fingerprint density at radius 3 is 2.05 bits per heavy atom. The van der Waals surface area contributed by atoms with E-state index in [2.05, 4.69) is 76.6 Å². The number of ether oxygens (including phenoxy) is 1. The first-order valence-electron chi connectivity index (χ1n) is 14.1. The molecule has 0 N–H and O–H groups in total. The molecule has 4 aromatic carbocycles. The fraction of sp³-hybridized carbons (Fsp3) is 0.167. The van der Waals surface area contributed by atoms with Crippen LogP contribution in [0.5, 0.6) is 11.5 Å². The van der Waals surface area contributed by atoms with Crippen molar-refractivity contribution >= 4 is 0 Å². The van der Waals surface area contributed by atoms with Gasteiger partial charge in [-0.05, 0) is 71.0 Å². The van der Waals surface area contributed by atoms with Crippen molar-refractivity contribution in [2.45, 2.75) is 39.5 Å². The van der Waals surface area contributed by atoms with Crippen LogP contribution in [-0.2, 0) is 0 Å². The van der Waals surface area contributed by atoms with Gasteiger partial charge < -0.3 is 4.74 Å². The molecule has 2 heterocycles. The summed E-state index contributed by atoms with van der Waals surface area (Å²) in [7, 11) is 0. The van der Waals surface area contributed by atoms with Crippen LogP contribution in [0.1, 0.15) is 50.7 Å². The lowest BCUT2D eigenvalue weighted by atomic mass is 9.86. The standard InChI is InChI=1S/C36H34N4O/c1-26(2)34-17-10-18-35(27(3)4)36(34)28-23-37-40(24-28)31-14-9-16-33(22-31)41-32-15-8-13-30(21-32)39-20-19-38(25-39)29-11-6-5-7-12-29/h5-24,26-27H,1-4H3. The minimum Gasteiger partial charge on any atom is -0.458 e. The maximum atomic E-state index is 6.31. The van der Waals surface area contributed by atoms with Crippen LogP contribution in [0.4, 0.5) is 0 Å². The quantitative estimate of drug-likeness (QED) is 0.144. The number of hydrogen-bond acceptors (Lipinski definition) is 2. The fourth-order valence-electron chi connectivity index (χ4n) is 5.19. The molecule has 0 unspecified atom stereocenters. The molecule has 2 aromatic heterocycles. The highest BCUT2D eigenvalue weighted by molar-refractivity contribution is 5.72. The highest BCUT2D eigenvalue weighted by atomic mass is 16.5. The molecule has 0 saturated heterocycles. The molecule has 0 bridgehead atoms. The lowest BCUT2D eigenvalue weighted by Gasteiger charge is -2.18. The Kier molecular flexibility index (Phi) is 7.26. The molecule has 204 valence electrons. The van der Waals surface area contributed by atoms with E-state index in [0.29, 0.717) is 11.8 Å². The Labute approximate surface area is 241 Å². The van der Waals surface area contributed by atoms with E-state index in [1.807, 2.05) is 93.1 Å².